The molecule has 4 aromatic rings. The fourth-order valence-electron chi connectivity index (χ4n) is 2.85. The second-order valence-corrected chi connectivity index (χ2v) is 7.86. The average molecular weight is 429 g/mol. The molecule has 0 aliphatic heterocycles. The Morgan fingerprint density at radius 2 is 1.61 bits per heavy atom. The van der Waals surface area contributed by atoms with E-state index in [4.69, 9.17) is 28.2 Å². The first-order valence-electron chi connectivity index (χ1n) is 8.58. The van der Waals surface area contributed by atoms with Crippen LogP contribution in [0.3, 0.4) is 0 Å². The zero-order valence-electron chi connectivity index (χ0n) is 14.6. The molecule has 1 heterocycles. The van der Waals surface area contributed by atoms with Gasteiger partial charge in [-0.15, -0.1) is 11.3 Å². The van der Waals surface area contributed by atoms with E-state index in [0.717, 1.165) is 21.6 Å². The molecule has 1 aromatic heterocycles. The van der Waals surface area contributed by atoms with Gasteiger partial charge in [-0.2, -0.15) is 0 Å². The summed E-state index contributed by atoms with van der Waals surface area (Å²) in [4.78, 5) is 5.52. The highest BCUT2D eigenvalue weighted by Crippen LogP contribution is 2.29. The van der Waals surface area contributed by atoms with Crippen LogP contribution in [0.15, 0.2) is 83.2 Å². The van der Waals surface area contributed by atoms with Gasteiger partial charge in [0.2, 0.25) is 0 Å². The number of hydrogen-bond acceptors (Lipinski definition) is 2. The van der Waals surface area contributed by atoms with Crippen LogP contribution in [0.2, 0.25) is 10.0 Å². The van der Waals surface area contributed by atoms with Gasteiger partial charge in [0.15, 0.2) is 4.80 Å². The molecule has 0 unspecified atom stereocenters. The van der Waals surface area contributed by atoms with Crippen molar-refractivity contribution in [3.63, 3.8) is 0 Å². The van der Waals surface area contributed by atoms with Crippen molar-refractivity contribution in [1.82, 2.24) is 4.57 Å². The number of rotatable bonds is 4. The summed E-state index contributed by atoms with van der Waals surface area (Å²) in [6, 6.07) is 21.6. The van der Waals surface area contributed by atoms with Gasteiger partial charge in [0.25, 0.3) is 0 Å². The summed E-state index contributed by atoms with van der Waals surface area (Å²) in [6.07, 6.45) is 0. The van der Waals surface area contributed by atoms with Crippen LogP contribution < -0.4 is 4.80 Å². The third-order valence-electron chi connectivity index (χ3n) is 4.25. The highest BCUT2D eigenvalue weighted by Gasteiger charge is 2.12. The molecule has 2 nitrogen and oxygen atoms in total. The third kappa shape index (κ3) is 4.20. The van der Waals surface area contributed by atoms with Gasteiger partial charge in [0, 0.05) is 21.0 Å². The Hall–Kier alpha value is -2.40. The van der Waals surface area contributed by atoms with Gasteiger partial charge >= 0.3 is 0 Å². The van der Waals surface area contributed by atoms with Crippen molar-refractivity contribution in [2.75, 3.05) is 0 Å². The van der Waals surface area contributed by atoms with Crippen molar-refractivity contribution in [3.05, 3.63) is 104 Å². The molecule has 0 spiro atoms. The molecule has 6 heteroatoms. The normalized spacial score (nSPS) is 11.8. The van der Waals surface area contributed by atoms with Crippen LogP contribution in [-0.4, -0.2) is 4.57 Å². The number of nitrogens with zero attached hydrogens (tertiary/aromatic N) is 2. The third-order valence-corrected chi connectivity index (χ3v) is 5.70. The molecule has 0 radical (unpaired) electrons. The van der Waals surface area contributed by atoms with E-state index < -0.39 is 0 Å². The minimum Gasteiger partial charge on any atom is -0.312 e. The van der Waals surface area contributed by atoms with E-state index in [0.29, 0.717) is 22.3 Å². The molecular weight excluding hydrogens is 414 g/mol. The van der Waals surface area contributed by atoms with Crippen molar-refractivity contribution >= 4 is 40.2 Å². The summed E-state index contributed by atoms with van der Waals surface area (Å²) in [5, 5.41) is 3.42. The Labute approximate surface area is 176 Å². The van der Waals surface area contributed by atoms with Crippen LogP contribution in [0.1, 0.15) is 5.56 Å². The Kier molecular flexibility index (Phi) is 5.62. The van der Waals surface area contributed by atoms with E-state index in [1.54, 1.807) is 12.1 Å². The minimum atomic E-state index is -0.282. The first kappa shape index (κ1) is 18.9. The van der Waals surface area contributed by atoms with E-state index >= 15 is 0 Å². The smallest absolute Gasteiger partial charge is 0.190 e. The predicted molar refractivity (Wildman–Crippen MR) is 115 cm³/mol. The zero-order chi connectivity index (χ0) is 19.5. The topological polar surface area (TPSA) is 17.3 Å². The molecule has 0 atom stereocenters. The second kappa shape index (κ2) is 8.31. The standard InChI is InChI=1S/C22H15Cl2FN2S/c23-16-7-5-15(6-8-16)13-27-21(19-3-1-2-4-20(19)24)14-28-22(27)26-18-11-9-17(25)10-12-18/h1-12,14H,13H2. The van der Waals surface area contributed by atoms with Crippen LogP contribution in [-0.2, 0) is 6.54 Å². The van der Waals surface area contributed by atoms with E-state index in [2.05, 4.69) is 4.57 Å². The lowest BCUT2D eigenvalue weighted by Crippen LogP contribution is -2.16. The van der Waals surface area contributed by atoms with Crippen molar-refractivity contribution in [2.45, 2.75) is 6.54 Å². The molecule has 0 fully saturated rings. The molecule has 28 heavy (non-hydrogen) atoms. The van der Waals surface area contributed by atoms with E-state index in [9.17, 15) is 4.39 Å². The van der Waals surface area contributed by atoms with Crippen molar-refractivity contribution in [2.24, 2.45) is 4.99 Å². The molecular formula is C22H15Cl2FN2S. The first-order chi connectivity index (χ1) is 13.6. The second-order valence-electron chi connectivity index (χ2n) is 6.18. The number of thiazole rings is 1. The Bertz CT molecular complexity index is 1160. The number of benzene rings is 3. The summed E-state index contributed by atoms with van der Waals surface area (Å²) >= 11 is 14.0. The molecule has 0 bridgehead atoms. The highest BCUT2D eigenvalue weighted by atomic mass is 35.5. The Morgan fingerprint density at radius 1 is 0.893 bits per heavy atom. The van der Waals surface area contributed by atoms with Gasteiger partial charge in [-0.25, -0.2) is 9.38 Å². The Balaban J connectivity index is 1.85. The van der Waals surface area contributed by atoms with Crippen molar-refractivity contribution in [3.8, 4) is 11.3 Å². The summed E-state index contributed by atoms with van der Waals surface area (Å²) in [6.45, 7) is 0.612. The van der Waals surface area contributed by atoms with E-state index in [1.807, 2.05) is 53.9 Å². The van der Waals surface area contributed by atoms with Gasteiger partial charge in [0.05, 0.1) is 17.9 Å². The van der Waals surface area contributed by atoms with Crippen LogP contribution >= 0.6 is 34.5 Å². The van der Waals surface area contributed by atoms with Crippen LogP contribution in [0.5, 0.6) is 0 Å². The molecule has 0 N–H and O–H groups in total. The van der Waals surface area contributed by atoms with Crippen molar-refractivity contribution < 1.29 is 4.39 Å². The molecule has 4 rings (SSSR count). The monoisotopic (exact) mass is 428 g/mol. The van der Waals surface area contributed by atoms with Gasteiger partial charge in [0.1, 0.15) is 5.82 Å². The fraction of sp³-hybridized carbons (Fsp3) is 0.0455. The minimum absolute atomic E-state index is 0.282. The molecule has 0 aliphatic carbocycles. The van der Waals surface area contributed by atoms with Gasteiger partial charge in [-0.1, -0.05) is 53.5 Å². The lowest BCUT2D eigenvalue weighted by atomic mass is 10.1. The zero-order valence-corrected chi connectivity index (χ0v) is 17.0. The predicted octanol–water partition coefficient (Wildman–Crippen LogP) is 6.94. The molecule has 0 saturated heterocycles. The lowest BCUT2D eigenvalue weighted by Gasteiger charge is -2.11. The quantitative estimate of drug-likeness (QED) is 0.334. The summed E-state index contributed by atoms with van der Waals surface area (Å²) in [7, 11) is 0. The number of hydrogen-bond donors (Lipinski definition) is 0. The largest absolute Gasteiger partial charge is 0.312 e. The SMILES string of the molecule is Fc1ccc(N=c2scc(-c3ccccc3Cl)n2Cc2ccc(Cl)cc2)cc1. The molecule has 140 valence electrons. The van der Waals surface area contributed by atoms with Gasteiger partial charge in [-0.3, -0.25) is 0 Å². The molecule has 3 aromatic carbocycles. The Morgan fingerprint density at radius 3 is 2.32 bits per heavy atom. The van der Waals surface area contributed by atoms with E-state index in [1.165, 1.54) is 23.5 Å². The molecule has 0 saturated carbocycles. The molecule has 0 amide bonds. The summed E-state index contributed by atoms with van der Waals surface area (Å²) in [5.41, 5.74) is 3.71. The van der Waals surface area contributed by atoms with E-state index in [-0.39, 0.29) is 5.82 Å². The lowest BCUT2D eigenvalue weighted by molar-refractivity contribution is 0.628. The van der Waals surface area contributed by atoms with Gasteiger partial charge in [-0.05, 0) is 48.0 Å². The van der Waals surface area contributed by atoms with Crippen LogP contribution in [0.25, 0.3) is 11.3 Å². The summed E-state index contributed by atoms with van der Waals surface area (Å²) in [5.74, 6) is -0.282. The maximum atomic E-state index is 13.2. The maximum absolute atomic E-state index is 13.2. The average Bonchev–Trinajstić information content (AvgIpc) is 3.08. The van der Waals surface area contributed by atoms with Crippen LogP contribution in [0.4, 0.5) is 10.1 Å². The fourth-order valence-corrected chi connectivity index (χ4v) is 4.13. The maximum Gasteiger partial charge on any atom is 0.190 e. The van der Waals surface area contributed by atoms with Crippen molar-refractivity contribution in [1.29, 1.82) is 0 Å². The van der Waals surface area contributed by atoms with Gasteiger partial charge < -0.3 is 4.57 Å². The first-order valence-corrected chi connectivity index (χ1v) is 10.2. The number of aromatic nitrogens is 1. The number of halogens is 3. The summed E-state index contributed by atoms with van der Waals surface area (Å²) < 4.78 is 15.3. The highest BCUT2D eigenvalue weighted by molar-refractivity contribution is 7.07. The molecule has 0 aliphatic rings. The van der Waals surface area contributed by atoms with Crippen LogP contribution in [0, 0.1) is 5.82 Å².